The molecule has 1 unspecified atom stereocenters. The summed E-state index contributed by atoms with van der Waals surface area (Å²) in [5, 5.41) is 7.18. The summed E-state index contributed by atoms with van der Waals surface area (Å²) in [6.45, 7) is 3.43. The highest BCUT2D eigenvalue weighted by atomic mass is 16.7. The zero-order valence-corrected chi connectivity index (χ0v) is 17.2. The number of hydrogen-bond acceptors (Lipinski definition) is 7. The first-order valence-electron chi connectivity index (χ1n) is 10.4. The van der Waals surface area contributed by atoms with E-state index in [-0.39, 0.29) is 18.8 Å². The minimum atomic E-state index is -0.138. The van der Waals surface area contributed by atoms with Gasteiger partial charge in [0.15, 0.2) is 11.5 Å². The molecule has 1 saturated heterocycles. The zero-order valence-electron chi connectivity index (χ0n) is 17.2. The number of ether oxygens (including phenoxy) is 3. The molecule has 0 radical (unpaired) electrons. The molecule has 4 heterocycles. The largest absolute Gasteiger partial charge is 0.458 e. The lowest BCUT2D eigenvalue weighted by atomic mass is 10.1. The molecule has 31 heavy (non-hydrogen) atoms. The number of aromatic amines is 1. The number of aromatic nitrogens is 4. The van der Waals surface area contributed by atoms with Crippen LogP contribution in [0.1, 0.15) is 35.8 Å². The van der Waals surface area contributed by atoms with Gasteiger partial charge in [-0.2, -0.15) is 5.10 Å². The number of piperidine rings is 1. The summed E-state index contributed by atoms with van der Waals surface area (Å²) in [5.74, 6) is 1.29. The lowest BCUT2D eigenvalue weighted by molar-refractivity contribution is 0.0510. The van der Waals surface area contributed by atoms with Gasteiger partial charge in [-0.25, -0.2) is 9.97 Å². The first-order valence-corrected chi connectivity index (χ1v) is 10.4. The predicted molar refractivity (Wildman–Crippen MR) is 111 cm³/mol. The molecule has 1 N–H and O–H groups in total. The van der Waals surface area contributed by atoms with Crippen LogP contribution in [0.25, 0.3) is 11.3 Å². The Kier molecular flexibility index (Phi) is 5.15. The van der Waals surface area contributed by atoms with E-state index in [1.807, 2.05) is 18.2 Å². The van der Waals surface area contributed by atoms with Crippen LogP contribution in [0, 0.1) is 0 Å². The average Bonchev–Trinajstić information content (AvgIpc) is 3.48. The predicted octanol–water partition coefficient (Wildman–Crippen LogP) is 2.84. The second-order valence-electron chi connectivity index (χ2n) is 7.60. The van der Waals surface area contributed by atoms with Gasteiger partial charge >= 0.3 is 6.01 Å². The van der Waals surface area contributed by atoms with Crippen LogP contribution in [-0.4, -0.2) is 57.0 Å². The number of H-pyrrole nitrogens is 1. The van der Waals surface area contributed by atoms with E-state index in [0.717, 1.165) is 30.4 Å². The van der Waals surface area contributed by atoms with Crippen molar-refractivity contribution in [2.24, 2.45) is 0 Å². The van der Waals surface area contributed by atoms with Gasteiger partial charge in [-0.05, 0) is 49.1 Å². The number of rotatable bonds is 5. The van der Waals surface area contributed by atoms with Crippen molar-refractivity contribution in [1.82, 2.24) is 25.1 Å². The SMILES string of the molecule is CCc1cnc(OC2CCCN(C(=O)c3cc(-c4ccc5c(c4)OCO5)n[nH]3)C2)nc1. The summed E-state index contributed by atoms with van der Waals surface area (Å²) in [6.07, 6.45) is 6.00. The molecule has 5 rings (SSSR count). The van der Waals surface area contributed by atoms with Crippen molar-refractivity contribution in [2.45, 2.75) is 32.3 Å². The van der Waals surface area contributed by atoms with E-state index in [1.165, 1.54) is 0 Å². The number of likely N-dealkylation sites (tertiary alicyclic amines) is 1. The molecule has 2 aliphatic heterocycles. The summed E-state index contributed by atoms with van der Waals surface area (Å²) in [6, 6.07) is 7.71. The number of aryl methyl sites for hydroxylation is 1. The van der Waals surface area contributed by atoms with E-state index in [2.05, 4.69) is 27.1 Å². The number of carbonyl (C=O) groups is 1. The number of nitrogens with one attached hydrogen (secondary N) is 1. The van der Waals surface area contributed by atoms with Crippen molar-refractivity contribution in [3.8, 4) is 28.8 Å². The van der Waals surface area contributed by atoms with Gasteiger partial charge in [0, 0.05) is 24.5 Å². The molecule has 1 fully saturated rings. The van der Waals surface area contributed by atoms with Crippen molar-refractivity contribution >= 4 is 5.91 Å². The van der Waals surface area contributed by atoms with Crippen LogP contribution in [0.3, 0.4) is 0 Å². The number of hydrogen-bond donors (Lipinski definition) is 1. The molecule has 160 valence electrons. The van der Waals surface area contributed by atoms with E-state index < -0.39 is 0 Å². The highest BCUT2D eigenvalue weighted by molar-refractivity contribution is 5.93. The molecule has 0 aliphatic carbocycles. The standard InChI is InChI=1S/C22H23N5O4/c1-2-14-10-23-22(24-11-14)31-16-4-3-7-27(12-16)21(28)18-9-17(25-26-18)15-5-6-19-20(8-15)30-13-29-19/h5-6,8-11,16H,2-4,7,12-13H2,1H3,(H,25,26). The number of benzene rings is 1. The molecule has 0 saturated carbocycles. The van der Waals surface area contributed by atoms with Gasteiger partial charge in [0.05, 0.1) is 12.2 Å². The lowest BCUT2D eigenvalue weighted by Crippen LogP contribution is -2.44. The van der Waals surface area contributed by atoms with Crippen LogP contribution in [-0.2, 0) is 6.42 Å². The summed E-state index contributed by atoms with van der Waals surface area (Å²) in [7, 11) is 0. The first kappa shape index (κ1) is 19.3. The summed E-state index contributed by atoms with van der Waals surface area (Å²) < 4.78 is 16.7. The number of carbonyl (C=O) groups excluding carboxylic acids is 1. The quantitative estimate of drug-likeness (QED) is 0.676. The molecule has 1 aromatic carbocycles. The highest BCUT2D eigenvalue weighted by Gasteiger charge is 2.27. The van der Waals surface area contributed by atoms with Crippen molar-refractivity contribution in [3.05, 3.63) is 47.9 Å². The molecule has 0 bridgehead atoms. The molecular weight excluding hydrogens is 398 g/mol. The first-order chi connectivity index (χ1) is 15.2. The Morgan fingerprint density at radius 3 is 2.90 bits per heavy atom. The Morgan fingerprint density at radius 2 is 2.06 bits per heavy atom. The third kappa shape index (κ3) is 4.03. The highest BCUT2D eigenvalue weighted by Crippen LogP contribution is 2.35. The summed E-state index contributed by atoms with van der Waals surface area (Å²) in [5.41, 5.74) is 3.03. The van der Waals surface area contributed by atoms with Crippen LogP contribution in [0.5, 0.6) is 17.5 Å². The molecule has 3 aromatic rings. The second kappa shape index (κ2) is 8.25. The average molecular weight is 421 g/mol. The fourth-order valence-corrected chi connectivity index (χ4v) is 3.76. The van der Waals surface area contributed by atoms with Gasteiger partial charge in [-0.1, -0.05) is 6.92 Å². The van der Waals surface area contributed by atoms with Gasteiger partial charge in [0.2, 0.25) is 6.79 Å². The maximum Gasteiger partial charge on any atom is 0.316 e. The number of nitrogens with zero attached hydrogens (tertiary/aromatic N) is 4. The van der Waals surface area contributed by atoms with Gasteiger partial charge in [0.25, 0.3) is 5.91 Å². The second-order valence-corrected chi connectivity index (χ2v) is 7.60. The van der Waals surface area contributed by atoms with Crippen molar-refractivity contribution in [1.29, 1.82) is 0 Å². The Morgan fingerprint density at radius 1 is 1.23 bits per heavy atom. The normalized spacial score (nSPS) is 17.6. The van der Waals surface area contributed by atoms with E-state index in [1.54, 1.807) is 23.4 Å². The maximum absolute atomic E-state index is 13.0. The van der Waals surface area contributed by atoms with Crippen LogP contribution < -0.4 is 14.2 Å². The van der Waals surface area contributed by atoms with E-state index in [4.69, 9.17) is 14.2 Å². The van der Waals surface area contributed by atoms with Crippen molar-refractivity contribution in [2.75, 3.05) is 19.9 Å². The fraction of sp³-hybridized carbons (Fsp3) is 0.364. The minimum absolute atomic E-state index is 0.102. The molecule has 2 aromatic heterocycles. The van der Waals surface area contributed by atoms with E-state index in [0.29, 0.717) is 42.0 Å². The van der Waals surface area contributed by atoms with Crippen LogP contribution >= 0.6 is 0 Å². The molecule has 1 amide bonds. The molecule has 9 nitrogen and oxygen atoms in total. The monoisotopic (exact) mass is 421 g/mol. The molecule has 1 atom stereocenters. The smallest absolute Gasteiger partial charge is 0.316 e. The third-order valence-corrected chi connectivity index (χ3v) is 5.50. The fourth-order valence-electron chi connectivity index (χ4n) is 3.76. The molecule has 9 heteroatoms. The summed E-state index contributed by atoms with van der Waals surface area (Å²) in [4.78, 5) is 23.3. The maximum atomic E-state index is 13.0. The third-order valence-electron chi connectivity index (χ3n) is 5.50. The topological polar surface area (TPSA) is 102 Å². The lowest BCUT2D eigenvalue weighted by Gasteiger charge is -2.32. The Balaban J connectivity index is 1.25. The van der Waals surface area contributed by atoms with Gasteiger partial charge in [-0.15, -0.1) is 0 Å². The van der Waals surface area contributed by atoms with Crippen LogP contribution in [0.15, 0.2) is 36.7 Å². The van der Waals surface area contributed by atoms with Crippen LogP contribution in [0.4, 0.5) is 0 Å². The van der Waals surface area contributed by atoms with Gasteiger partial charge in [-0.3, -0.25) is 9.89 Å². The molecular formula is C22H23N5O4. The van der Waals surface area contributed by atoms with Crippen LogP contribution in [0.2, 0.25) is 0 Å². The Bertz CT molecular complexity index is 1080. The Hall–Kier alpha value is -3.62. The number of fused-ring (bicyclic) bond motifs is 1. The van der Waals surface area contributed by atoms with E-state index >= 15 is 0 Å². The van der Waals surface area contributed by atoms with E-state index in [9.17, 15) is 4.79 Å². The summed E-state index contributed by atoms with van der Waals surface area (Å²) >= 11 is 0. The Labute approximate surface area is 179 Å². The molecule has 0 spiro atoms. The van der Waals surface area contributed by atoms with Crippen molar-refractivity contribution in [3.63, 3.8) is 0 Å². The molecule has 2 aliphatic rings. The van der Waals surface area contributed by atoms with Gasteiger partial charge < -0.3 is 19.1 Å². The number of amides is 1. The zero-order chi connectivity index (χ0) is 21.2. The van der Waals surface area contributed by atoms with Gasteiger partial charge in [0.1, 0.15) is 11.8 Å². The minimum Gasteiger partial charge on any atom is -0.458 e. The van der Waals surface area contributed by atoms with Crippen molar-refractivity contribution < 1.29 is 19.0 Å².